The van der Waals surface area contributed by atoms with Crippen LogP contribution in [0.2, 0.25) is 10.0 Å². The lowest BCUT2D eigenvalue weighted by atomic mass is 10.1. The number of nitrogens with one attached hydrogen (secondary N) is 1. The van der Waals surface area contributed by atoms with Crippen LogP contribution in [0.25, 0.3) is 22.6 Å². The number of hydrogen-bond donors (Lipinski definition) is 1. The molecule has 0 aliphatic rings. The summed E-state index contributed by atoms with van der Waals surface area (Å²) in [5.74, 6) is 0.598. The van der Waals surface area contributed by atoms with Crippen LogP contribution < -0.4 is 10.1 Å². The maximum atomic E-state index is 12.2. The molecule has 146 valence electrons. The summed E-state index contributed by atoms with van der Waals surface area (Å²) in [5.41, 5.74) is 3.91. The quantitative estimate of drug-likeness (QED) is 0.416. The summed E-state index contributed by atoms with van der Waals surface area (Å²) in [6.45, 7) is 1.82. The van der Waals surface area contributed by atoms with Crippen LogP contribution in [-0.4, -0.2) is 17.5 Å². The summed E-state index contributed by atoms with van der Waals surface area (Å²) < 4.78 is 11.3. The van der Waals surface area contributed by atoms with Gasteiger partial charge in [-0.1, -0.05) is 40.9 Å². The Labute approximate surface area is 177 Å². The van der Waals surface area contributed by atoms with Gasteiger partial charge in [-0.2, -0.15) is 0 Å². The maximum absolute atomic E-state index is 12.2. The van der Waals surface area contributed by atoms with E-state index >= 15 is 0 Å². The minimum atomic E-state index is -0.325. The molecule has 0 bridgehead atoms. The standard InChI is InChI=1S/C22H16Cl2N2O3/c1-13-3-2-4-14(9-13)22-26-18-7-6-16(11-20(18)29-22)25-21(27)12-28-19-8-5-15(23)10-17(19)24/h2-11H,12H2,1H3,(H,25,27). The number of nitrogens with zero attached hydrogens (tertiary/aromatic N) is 1. The number of benzene rings is 3. The maximum Gasteiger partial charge on any atom is 0.262 e. The number of aromatic nitrogens is 1. The number of ether oxygens (including phenoxy) is 1. The van der Waals surface area contributed by atoms with E-state index in [-0.39, 0.29) is 12.5 Å². The van der Waals surface area contributed by atoms with Crippen LogP contribution in [0.1, 0.15) is 5.56 Å². The zero-order valence-corrected chi connectivity index (χ0v) is 16.9. The molecule has 0 aliphatic heterocycles. The molecule has 3 aromatic carbocycles. The van der Waals surface area contributed by atoms with Crippen molar-refractivity contribution in [3.63, 3.8) is 0 Å². The molecule has 0 saturated carbocycles. The third kappa shape index (κ3) is 4.53. The number of oxazole rings is 1. The number of carbonyl (C=O) groups excluding carboxylic acids is 1. The van der Waals surface area contributed by atoms with Gasteiger partial charge in [0.15, 0.2) is 12.2 Å². The van der Waals surface area contributed by atoms with Crippen molar-refractivity contribution in [1.29, 1.82) is 0 Å². The van der Waals surface area contributed by atoms with E-state index in [1.165, 1.54) is 0 Å². The molecule has 1 N–H and O–H groups in total. The number of rotatable bonds is 5. The monoisotopic (exact) mass is 426 g/mol. The van der Waals surface area contributed by atoms with E-state index in [9.17, 15) is 4.79 Å². The van der Waals surface area contributed by atoms with Gasteiger partial charge in [0.25, 0.3) is 5.91 Å². The van der Waals surface area contributed by atoms with Crippen LogP contribution in [-0.2, 0) is 4.79 Å². The van der Waals surface area contributed by atoms with E-state index in [4.69, 9.17) is 32.4 Å². The number of aryl methyl sites for hydroxylation is 1. The van der Waals surface area contributed by atoms with Gasteiger partial charge in [-0.3, -0.25) is 4.79 Å². The average Bonchev–Trinajstić information content (AvgIpc) is 3.11. The fraction of sp³-hybridized carbons (Fsp3) is 0.0909. The van der Waals surface area contributed by atoms with Gasteiger partial charge in [0.1, 0.15) is 11.3 Å². The highest BCUT2D eigenvalue weighted by molar-refractivity contribution is 6.35. The molecule has 0 aliphatic carbocycles. The van der Waals surface area contributed by atoms with Crippen molar-refractivity contribution in [3.8, 4) is 17.2 Å². The Balaban J connectivity index is 1.46. The van der Waals surface area contributed by atoms with Gasteiger partial charge < -0.3 is 14.5 Å². The minimum absolute atomic E-state index is 0.190. The van der Waals surface area contributed by atoms with E-state index in [0.29, 0.717) is 38.5 Å². The van der Waals surface area contributed by atoms with Crippen LogP contribution in [0.15, 0.2) is 65.1 Å². The highest BCUT2D eigenvalue weighted by atomic mass is 35.5. The molecule has 0 unspecified atom stereocenters. The number of hydrogen-bond acceptors (Lipinski definition) is 4. The molecule has 29 heavy (non-hydrogen) atoms. The van der Waals surface area contributed by atoms with Gasteiger partial charge in [-0.25, -0.2) is 4.98 Å². The van der Waals surface area contributed by atoms with Gasteiger partial charge >= 0.3 is 0 Å². The zero-order chi connectivity index (χ0) is 20.4. The fourth-order valence-electron chi connectivity index (χ4n) is 2.84. The first-order valence-corrected chi connectivity index (χ1v) is 9.59. The lowest BCUT2D eigenvalue weighted by Gasteiger charge is -2.09. The Hall–Kier alpha value is -3.02. The normalized spacial score (nSPS) is 10.9. The van der Waals surface area contributed by atoms with Crippen LogP contribution >= 0.6 is 23.2 Å². The number of amides is 1. The molecule has 4 rings (SSSR count). The highest BCUT2D eigenvalue weighted by Crippen LogP contribution is 2.28. The molecule has 0 radical (unpaired) electrons. The van der Waals surface area contributed by atoms with E-state index in [1.807, 2.05) is 31.2 Å². The van der Waals surface area contributed by atoms with Gasteiger partial charge in [0.2, 0.25) is 5.89 Å². The second-order valence-corrected chi connectivity index (χ2v) is 7.33. The summed E-state index contributed by atoms with van der Waals surface area (Å²) in [6.07, 6.45) is 0. The summed E-state index contributed by atoms with van der Waals surface area (Å²) in [4.78, 5) is 16.7. The number of fused-ring (bicyclic) bond motifs is 1. The predicted octanol–water partition coefficient (Wildman–Crippen LogP) is 6.13. The van der Waals surface area contributed by atoms with Crippen LogP contribution in [0.4, 0.5) is 5.69 Å². The largest absolute Gasteiger partial charge is 0.482 e. The summed E-state index contributed by atoms with van der Waals surface area (Å²) >= 11 is 11.9. The van der Waals surface area contributed by atoms with Crippen molar-refractivity contribution in [2.75, 3.05) is 11.9 Å². The molecule has 1 amide bonds. The molecule has 7 heteroatoms. The smallest absolute Gasteiger partial charge is 0.262 e. The Morgan fingerprint density at radius 2 is 1.97 bits per heavy atom. The highest BCUT2D eigenvalue weighted by Gasteiger charge is 2.11. The van der Waals surface area contributed by atoms with E-state index in [1.54, 1.807) is 36.4 Å². The zero-order valence-electron chi connectivity index (χ0n) is 15.4. The number of anilines is 1. The van der Waals surface area contributed by atoms with Crippen molar-refractivity contribution in [3.05, 3.63) is 76.3 Å². The van der Waals surface area contributed by atoms with Gasteiger partial charge in [0.05, 0.1) is 5.02 Å². The lowest BCUT2D eigenvalue weighted by Crippen LogP contribution is -2.20. The van der Waals surface area contributed by atoms with Crippen LogP contribution in [0.3, 0.4) is 0 Å². The SMILES string of the molecule is Cc1cccc(-c2nc3ccc(NC(=O)COc4ccc(Cl)cc4Cl)cc3o2)c1. The second-order valence-electron chi connectivity index (χ2n) is 6.48. The van der Waals surface area contributed by atoms with Crippen molar-refractivity contribution in [2.24, 2.45) is 0 Å². The number of carbonyl (C=O) groups is 1. The third-order valence-corrected chi connectivity index (χ3v) is 4.72. The first-order valence-electron chi connectivity index (χ1n) is 8.83. The predicted molar refractivity (Wildman–Crippen MR) is 115 cm³/mol. The third-order valence-electron chi connectivity index (χ3n) is 4.19. The van der Waals surface area contributed by atoms with E-state index in [2.05, 4.69) is 10.3 Å². The Morgan fingerprint density at radius 3 is 2.76 bits per heavy atom. The minimum Gasteiger partial charge on any atom is -0.482 e. The summed E-state index contributed by atoms with van der Waals surface area (Å²) in [5, 5.41) is 3.61. The average molecular weight is 427 g/mol. The fourth-order valence-corrected chi connectivity index (χ4v) is 3.30. The van der Waals surface area contributed by atoms with Crippen molar-refractivity contribution < 1.29 is 13.9 Å². The molecule has 1 aromatic heterocycles. The van der Waals surface area contributed by atoms with Gasteiger partial charge in [0, 0.05) is 22.3 Å². The molecule has 4 aromatic rings. The molecule has 5 nitrogen and oxygen atoms in total. The second kappa shape index (κ2) is 8.15. The summed E-state index contributed by atoms with van der Waals surface area (Å²) in [7, 11) is 0. The molecular weight excluding hydrogens is 411 g/mol. The van der Waals surface area contributed by atoms with Crippen molar-refractivity contribution >= 4 is 45.9 Å². The van der Waals surface area contributed by atoms with Crippen LogP contribution in [0.5, 0.6) is 5.75 Å². The van der Waals surface area contributed by atoms with Gasteiger partial charge in [-0.05, 0) is 49.4 Å². The first-order chi connectivity index (χ1) is 14.0. The van der Waals surface area contributed by atoms with Crippen molar-refractivity contribution in [1.82, 2.24) is 4.98 Å². The van der Waals surface area contributed by atoms with Crippen LogP contribution in [0, 0.1) is 6.92 Å². The molecule has 0 saturated heterocycles. The molecular formula is C22H16Cl2N2O3. The number of halogens is 2. The summed E-state index contributed by atoms with van der Waals surface area (Å²) in [6, 6.07) is 18.0. The van der Waals surface area contributed by atoms with E-state index < -0.39 is 0 Å². The Bertz CT molecular complexity index is 1200. The molecule has 0 spiro atoms. The first kappa shape index (κ1) is 19.3. The Kier molecular flexibility index (Phi) is 5.43. The van der Waals surface area contributed by atoms with Gasteiger partial charge in [-0.15, -0.1) is 0 Å². The topological polar surface area (TPSA) is 64.4 Å². The Morgan fingerprint density at radius 1 is 1.10 bits per heavy atom. The molecule has 1 heterocycles. The lowest BCUT2D eigenvalue weighted by molar-refractivity contribution is -0.118. The molecule has 0 fully saturated rings. The molecule has 0 atom stereocenters. The van der Waals surface area contributed by atoms with E-state index in [0.717, 1.165) is 11.1 Å². The van der Waals surface area contributed by atoms with Crippen molar-refractivity contribution in [2.45, 2.75) is 6.92 Å².